The average molecular weight is 626 g/mol. The Balaban J connectivity index is 1.55. The highest BCUT2D eigenvalue weighted by molar-refractivity contribution is 14.1. The van der Waals surface area contributed by atoms with E-state index in [2.05, 4.69) is 38.5 Å². The summed E-state index contributed by atoms with van der Waals surface area (Å²) in [6.07, 6.45) is 1.82. The Morgan fingerprint density at radius 3 is 2.61 bits per heavy atom. The van der Waals surface area contributed by atoms with Crippen molar-refractivity contribution in [2.24, 2.45) is 0 Å². The summed E-state index contributed by atoms with van der Waals surface area (Å²) < 4.78 is 21.4. The van der Waals surface area contributed by atoms with Crippen LogP contribution in [0.4, 0.5) is 10.1 Å². The zero-order chi connectivity index (χ0) is 22.0. The van der Waals surface area contributed by atoms with Crippen LogP contribution in [-0.2, 0) is 11.4 Å². The quantitative estimate of drug-likeness (QED) is 0.171. The molecule has 0 bridgehead atoms. The number of halogens is 3. The van der Waals surface area contributed by atoms with Crippen LogP contribution >= 0.6 is 62.5 Å². The summed E-state index contributed by atoms with van der Waals surface area (Å²) in [6.45, 7) is 0.251. The maximum atomic E-state index is 13.4. The van der Waals surface area contributed by atoms with Crippen LogP contribution < -0.4 is 9.64 Å². The minimum atomic E-state index is -0.293. The van der Waals surface area contributed by atoms with Crippen molar-refractivity contribution in [2.45, 2.75) is 6.61 Å². The van der Waals surface area contributed by atoms with Crippen molar-refractivity contribution < 1.29 is 13.9 Å². The van der Waals surface area contributed by atoms with Crippen LogP contribution in [0, 0.1) is 9.39 Å². The van der Waals surface area contributed by atoms with Gasteiger partial charge in [-0.05, 0) is 92.1 Å². The lowest BCUT2D eigenvalue weighted by Crippen LogP contribution is -2.27. The molecule has 3 aromatic carbocycles. The van der Waals surface area contributed by atoms with Gasteiger partial charge in [0.15, 0.2) is 4.32 Å². The molecule has 0 unspecified atom stereocenters. The number of nitrogens with zero attached hydrogens (tertiary/aromatic N) is 1. The minimum Gasteiger partial charge on any atom is -0.487 e. The predicted molar refractivity (Wildman–Crippen MR) is 140 cm³/mol. The number of amides is 1. The number of hydrogen-bond acceptors (Lipinski definition) is 4. The molecule has 3 aromatic rings. The largest absolute Gasteiger partial charge is 0.487 e. The standard InChI is InChI=1S/C23H14BrFINO2S2/c24-18-10-15(11-19(26)21(18)29-13-14-5-4-6-16(25)9-14)12-20-22(28)27(23(30)31-20)17-7-2-1-3-8-17/h1-12H,13H2/b20-12+. The third-order valence-electron chi connectivity index (χ3n) is 4.40. The maximum Gasteiger partial charge on any atom is 0.270 e. The number of carbonyl (C=O) groups is 1. The Hall–Kier alpha value is -1.75. The zero-order valence-electron chi connectivity index (χ0n) is 15.8. The van der Waals surface area contributed by atoms with Gasteiger partial charge in [-0.3, -0.25) is 9.69 Å². The molecule has 8 heteroatoms. The molecule has 1 fully saturated rings. The van der Waals surface area contributed by atoms with E-state index in [4.69, 9.17) is 17.0 Å². The molecule has 0 atom stereocenters. The number of thioether (sulfide) groups is 1. The van der Waals surface area contributed by atoms with Crippen molar-refractivity contribution in [3.63, 3.8) is 0 Å². The lowest BCUT2D eigenvalue weighted by molar-refractivity contribution is -0.113. The van der Waals surface area contributed by atoms with Crippen LogP contribution in [0.25, 0.3) is 6.08 Å². The number of ether oxygens (including phenoxy) is 1. The molecule has 1 aliphatic heterocycles. The molecule has 3 nitrogen and oxygen atoms in total. The highest BCUT2D eigenvalue weighted by Crippen LogP contribution is 2.38. The molecule has 1 aliphatic rings. The first kappa shape index (κ1) is 22.4. The van der Waals surface area contributed by atoms with Gasteiger partial charge in [0.2, 0.25) is 0 Å². The molecule has 0 radical (unpaired) electrons. The van der Waals surface area contributed by atoms with Gasteiger partial charge in [-0.25, -0.2) is 4.39 Å². The first-order chi connectivity index (χ1) is 14.9. The van der Waals surface area contributed by atoms with Crippen LogP contribution in [0.3, 0.4) is 0 Å². The molecule has 1 amide bonds. The van der Waals surface area contributed by atoms with E-state index in [0.717, 1.165) is 24.9 Å². The number of thiocarbonyl (C=S) groups is 1. The topological polar surface area (TPSA) is 29.5 Å². The number of anilines is 1. The molecular weight excluding hydrogens is 612 g/mol. The fourth-order valence-corrected chi connectivity index (χ4v) is 6.07. The Morgan fingerprint density at radius 2 is 1.90 bits per heavy atom. The highest BCUT2D eigenvalue weighted by atomic mass is 127. The second kappa shape index (κ2) is 9.81. The van der Waals surface area contributed by atoms with Crippen molar-refractivity contribution in [3.05, 3.63) is 96.6 Å². The van der Waals surface area contributed by atoms with Crippen LogP contribution in [0.5, 0.6) is 5.75 Å². The maximum absolute atomic E-state index is 13.4. The molecule has 0 aromatic heterocycles. The number of carbonyl (C=O) groups excluding carboxylic acids is 1. The van der Waals surface area contributed by atoms with Gasteiger partial charge in [-0.15, -0.1) is 0 Å². The van der Waals surface area contributed by atoms with Crippen molar-refractivity contribution >= 4 is 84.5 Å². The van der Waals surface area contributed by atoms with E-state index in [-0.39, 0.29) is 18.3 Å². The van der Waals surface area contributed by atoms with Crippen LogP contribution in [-0.4, -0.2) is 10.2 Å². The van der Waals surface area contributed by atoms with E-state index in [9.17, 15) is 9.18 Å². The number of rotatable bonds is 5. The number of hydrogen-bond donors (Lipinski definition) is 0. The van der Waals surface area contributed by atoms with Gasteiger partial charge in [0.25, 0.3) is 5.91 Å². The van der Waals surface area contributed by atoms with E-state index < -0.39 is 0 Å². The lowest BCUT2D eigenvalue weighted by atomic mass is 10.2. The van der Waals surface area contributed by atoms with Gasteiger partial charge in [0, 0.05) is 0 Å². The monoisotopic (exact) mass is 625 g/mol. The summed E-state index contributed by atoms with van der Waals surface area (Å²) in [4.78, 5) is 15.0. The zero-order valence-corrected chi connectivity index (χ0v) is 21.2. The van der Waals surface area contributed by atoms with E-state index in [1.165, 1.54) is 23.9 Å². The lowest BCUT2D eigenvalue weighted by Gasteiger charge is -2.14. The van der Waals surface area contributed by atoms with Crippen molar-refractivity contribution in [1.82, 2.24) is 0 Å². The fraction of sp³-hybridized carbons (Fsp3) is 0.0435. The smallest absolute Gasteiger partial charge is 0.270 e. The van der Waals surface area contributed by atoms with Crippen LogP contribution in [0.2, 0.25) is 0 Å². The Kier molecular flexibility index (Phi) is 7.10. The first-order valence-electron chi connectivity index (χ1n) is 9.11. The normalized spacial score (nSPS) is 15.1. The second-order valence-corrected chi connectivity index (χ2v) is 10.3. The van der Waals surface area contributed by atoms with Gasteiger partial charge >= 0.3 is 0 Å². The molecule has 0 spiro atoms. The summed E-state index contributed by atoms with van der Waals surface area (Å²) in [5, 5.41) is 0. The fourth-order valence-electron chi connectivity index (χ4n) is 3.00. The molecule has 0 aliphatic carbocycles. The molecule has 1 saturated heterocycles. The first-order valence-corrected chi connectivity index (χ1v) is 12.2. The molecule has 0 N–H and O–H groups in total. The molecule has 156 valence electrons. The van der Waals surface area contributed by atoms with Gasteiger partial charge < -0.3 is 4.74 Å². The van der Waals surface area contributed by atoms with E-state index >= 15 is 0 Å². The minimum absolute atomic E-state index is 0.140. The molecule has 31 heavy (non-hydrogen) atoms. The summed E-state index contributed by atoms with van der Waals surface area (Å²) in [5.41, 5.74) is 2.35. The van der Waals surface area contributed by atoms with Gasteiger partial charge in [-0.2, -0.15) is 0 Å². The third kappa shape index (κ3) is 5.19. The van der Waals surface area contributed by atoms with Gasteiger partial charge in [0.1, 0.15) is 18.2 Å². The molecular formula is C23H14BrFINO2S2. The van der Waals surface area contributed by atoms with Crippen molar-refractivity contribution in [3.8, 4) is 5.75 Å². The molecule has 1 heterocycles. The summed E-state index contributed by atoms with van der Waals surface area (Å²) in [7, 11) is 0. The Morgan fingerprint density at radius 1 is 1.13 bits per heavy atom. The summed E-state index contributed by atoms with van der Waals surface area (Å²) >= 11 is 12.4. The average Bonchev–Trinajstić information content (AvgIpc) is 3.01. The van der Waals surface area contributed by atoms with E-state index in [0.29, 0.717) is 15.0 Å². The summed E-state index contributed by atoms with van der Waals surface area (Å²) in [6, 6.07) is 19.5. The second-order valence-electron chi connectivity index (χ2n) is 6.58. The van der Waals surface area contributed by atoms with E-state index in [1.807, 2.05) is 54.6 Å². The SMILES string of the molecule is O=C1/C(=C\c2cc(Br)c(OCc3cccc(F)c3)c(I)c2)SC(=S)N1c1ccccc1. The van der Waals surface area contributed by atoms with Crippen LogP contribution in [0.15, 0.2) is 76.1 Å². The van der Waals surface area contributed by atoms with Gasteiger partial charge in [0.05, 0.1) is 18.6 Å². The molecule has 4 rings (SSSR count). The van der Waals surface area contributed by atoms with Crippen molar-refractivity contribution in [1.29, 1.82) is 0 Å². The highest BCUT2D eigenvalue weighted by Gasteiger charge is 2.33. The van der Waals surface area contributed by atoms with Crippen LogP contribution in [0.1, 0.15) is 11.1 Å². The number of para-hydroxylation sites is 1. The van der Waals surface area contributed by atoms with E-state index in [1.54, 1.807) is 11.0 Å². The third-order valence-corrected chi connectivity index (χ3v) is 7.09. The number of benzene rings is 3. The molecule has 0 saturated carbocycles. The predicted octanol–water partition coefficient (Wildman–Crippen LogP) is 7.18. The summed E-state index contributed by atoms with van der Waals surface area (Å²) in [5.74, 6) is 0.232. The van der Waals surface area contributed by atoms with Gasteiger partial charge in [-0.1, -0.05) is 54.3 Å². The Bertz CT molecular complexity index is 1180. The Labute approximate surface area is 210 Å². The van der Waals surface area contributed by atoms with Crippen molar-refractivity contribution in [2.75, 3.05) is 4.90 Å².